The second-order valence-corrected chi connectivity index (χ2v) is 2.14. The molecule has 0 amide bonds. The largest absolute Gasteiger partial charge is 0.369 e. The zero-order valence-electron chi connectivity index (χ0n) is 5.81. The molecule has 0 bridgehead atoms. The lowest BCUT2D eigenvalue weighted by Gasteiger charge is -2.24. The molecule has 0 atom stereocenters. The van der Waals surface area contributed by atoms with Crippen molar-refractivity contribution >= 4 is 0 Å². The van der Waals surface area contributed by atoms with Gasteiger partial charge < -0.3 is 0 Å². The summed E-state index contributed by atoms with van der Waals surface area (Å²) < 4.78 is 92.5. The molecule has 79 valence electrons. The normalized spacial score (nSPS) is 14.3. The lowest BCUT2D eigenvalue weighted by Crippen LogP contribution is -2.46. The molecular formula is C5H3F8. The fourth-order valence-electron chi connectivity index (χ4n) is 0.445. The maximum Gasteiger partial charge on any atom is 0.369 e. The molecule has 0 saturated carbocycles. The first kappa shape index (κ1) is 12.4. The van der Waals surface area contributed by atoms with E-state index in [2.05, 4.69) is 0 Å². The first-order valence-electron chi connectivity index (χ1n) is 2.82. The number of rotatable bonds is 4. The van der Waals surface area contributed by atoms with Gasteiger partial charge in [0.2, 0.25) is 0 Å². The first-order valence-corrected chi connectivity index (χ1v) is 2.82. The van der Waals surface area contributed by atoms with E-state index in [4.69, 9.17) is 0 Å². The molecule has 13 heavy (non-hydrogen) atoms. The molecular weight excluding hydrogens is 212 g/mol. The molecule has 0 aromatic rings. The fraction of sp³-hybridized carbons (Fsp3) is 0.800. The monoisotopic (exact) mass is 215 g/mol. The lowest BCUT2D eigenvalue weighted by atomic mass is 10.1. The Kier molecular flexibility index (Phi) is 3.51. The Bertz CT molecular complexity index is 162. The molecule has 0 saturated heterocycles. The van der Waals surface area contributed by atoms with Crippen molar-refractivity contribution in [2.24, 2.45) is 0 Å². The number of hydrogen-bond acceptors (Lipinski definition) is 0. The summed E-state index contributed by atoms with van der Waals surface area (Å²) in [5.41, 5.74) is 0. The Labute approximate surface area is 67.5 Å². The van der Waals surface area contributed by atoms with Crippen LogP contribution in [0.2, 0.25) is 0 Å². The summed E-state index contributed by atoms with van der Waals surface area (Å²) in [6, 6.07) is 0. The van der Waals surface area contributed by atoms with Gasteiger partial charge in [0, 0.05) is 0 Å². The average Bonchev–Trinajstić information content (AvgIpc) is 1.83. The minimum atomic E-state index is -5.74. The van der Waals surface area contributed by atoms with E-state index in [1.165, 1.54) is 0 Å². The summed E-state index contributed by atoms with van der Waals surface area (Å²) in [6.07, 6.45) is -10.4. The molecule has 0 N–H and O–H groups in total. The molecule has 0 unspecified atom stereocenters. The number of halogens is 8. The van der Waals surface area contributed by atoms with Crippen molar-refractivity contribution in [3.8, 4) is 0 Å². The van der Waals surface area contributed by atoms with Crippen molar-refractivity contribution in [2.75, 3.05) is 0 Å². The van der Waals surface area contributed by atoms with Crippen LogP contribution in [0.3, 0.4) is 0 Å². The van der Waals surface area contributed by atoms with Crippen LogP contribution in [0.1, 0.15) is 6.42 Å². The maximum absolute atomic E-state index is 12.0. The van der Waals surface area contributed by atoms with Crippen LogP contribution in [0.4, 0.5) is 35.1 Å². The summed E-state index contributed by atoms with van der Waals surface area (Å²) in [7, 11) is 0. The predicted octanol–water partition coefficient (Wildman–Crippen LogP) is 3.34. The highest BCUT2D eigenvalue weighted by atomic mass is 19.3. The molecule has 0 aliphatic heterocycles. The van der Waals surface area contributed by atoms with Crippen LogP contribution >= 0.6 is 0 Å². The highest BCUT2D eigenvalue weighted by molar-refractivity contribution is 4.90. The van der Waals surface area contributed by atoms with E-state index < -0.39 is 31.1 Å². The quantitative estimate of drug-likeness (QED) is 0.631. The van der Waals surface area contributed by atoms with Crippen LogP contribution in [-0.2, 0) is 0 Å². The lowest BCUT2D eigenvalue weighted by molar-refractivity contribution is -0.268. The summed E-state index contributed by atoms with van der Waals surface area (Å²) >= 11 is 0. The second kappa shape index (κ2) is 3.67. The van der Waals surface area contributed by atoms with Crippen LogP contribution in [0.25, 0.3) is 0 Å². The maximum atomic E-state index is 12.0. The highest BCUT2D eigenvalue weighted by Gasteiger charge is 2.63. The van der Waals surface area contributed by atoms with E-state index in [1.54, 1.807) is 0 Å². The third-order valence-electron chi connectivity index (χ3n) is 1.12. The molecule has 0 heterocycles. The van der Waals surface area contributed by atoms with E-state index in [0.717, 1.165) is 0 Å². The van der Waals surface area contributed by atoms with Crippen molar-refractivity contribution in [1.29, 1.82) is 0 Å². The van der Waals surface area contributed by atoms with Gasteiger partial charge in [-0.2, -0.15) is 26.3 Å². The molecule has 0 fully saturated rings. The molecule has 0 spiro atoms. The minimum Gasteiger partial charge on any atom is -0.203 e. The van der Waals surface area contributed by atoms with Gasteiger partial charge in [0.15, 0.2) is 0 Å². The van der Waals surface area contributed by atoms with Crippen molar-refractivity contribution in [3.63, 3.8) is 0 Å². The van der Waals surface area contributed by atoms with Crippen LogP contribution in [0.5, 0.6) is 0 Å². The van der Waals surface area contributed by atoms with Crippen molar-refractivity contribution in [3.05, 3.63) is 6.43 Å². The van der Waals surface area contributed by atoms with Crippen LogP contribution in [-0.4, -0.2) is 18.3 Å². The van der Waals surface area contributed by atoms with E-state index in [9.17, 15) is 35.1 Å². The Hall–Kier alpha value is -0.560. The molecule has 0 aliphatic rings. The van der Waals surface area contributed by atoms with Crippen molar-refractivity contribution < 1.29 is 35.1 Å². The highest BCUT2D eigenvalue weighted by Crippen LogP contribution is 2.43. The Morgan fingerprint density at radius 2 is 1.38 bits per heavy atom. The van der Waals surface area contributed by atoms with Crippen LogP contribution < -0.4 is 0 Å². The molecule has 0 aromatic carbocycles. The van der Waals surface area contributed by atoms with Gasteiger partial charge in [0.1, 0.15) is 0 Å². The smallest absolute Gasteiger partial charge is 0.203 e. The van der Waals surface area contributed by atoms with E-state index in [1.807, 2.05) is 0 Å². The van der Waals surface area contributed by atoms with E-state index >= 15 is 0 Å². The molecule has 0 aliphatic carbocycles. The topological polar surface area (TPSA) is 0 Å². The van der Waals surface area contributed by atoms with Gasteiger partial charge in [-0.15, -0.1) is 0 Å². The molecule has 0 aromatic heterocycles. The van der Waals surface area contributed by atoms with E-state index in [-0.39, 0.29) is 0 Å². The summed E-state index contributed by atoms with van der Waals surface area (Å²) in [5, 5.41) is 0. The number of alkyl halides is 6. The zero-order valence-corrected chi connectivity index (χ0v) is 5.81. The Morgan fingerprint density at radius 3 is 1.62 bits per heavy atom. The van der Waals surface area contributed by atoms with Gasteiger partial charge in [0.05, 0.1) is 6.42 Å². The van der Waals surface area contributed by atoms with Crippen molar-refractivity contribution in [2.45, 2.75) is 24.7 Å². The van der Waals surface area contributed by atoms with Crippen LogP contribution in [0, 0.1) is 6.43 Å². The van der Waals surface area contributed by atoms with Crippen LogP contribution in [0.15, 0.2) is 0 Å². The summed E-state index contributed by atoms with van der Waals surface area (Å²) in [5.74, 6) is -11.2. The van der Waals surface area contributed by atoms with Gasteiger partial charge in [0.25, 0.3) is 0 Å². The van der Waals surface area contributed by atoms with Gasteiger partial charge >= 0.3 is 24.7 Å². The van der Waals surface area contributed by atoms with E-state index in [0.29, 0.717) is 0 Å². The Balaban J connectivity index is 4.60. The predicted molar refractivity (Wildman–Crippen MR) is 26.0 cm³/mol. The first-order chi connectivity index (χ1) is 5.61. The number of hydrogen-bond donors (Lipinski definition) is 0. The Morgan fingerprint density at radius 1 is 1.00 bits per heavy atom. The third kappa shape index (κ3) is 2.70. The summed E-state index contributed by atoms with van der Waals surface area (Å²) in [4.78, 5) is 0. The molecule has 8 heteroatoms. The standard InChI is InChI=1S/C5H3F8/c6-2(7)1-4(10,11)5(12,13)3(8)9/h3H,1H2. The minimum absolute atomic E-state index is 2.66. The average molecular weight is 215 g/mol. The van der Waals surface area contributed by atoms with Gasteiger partial charge in [-0.3, -0.25) is 0 Å². The van der Waals surface area contributed by atoms with Gasteiger partial charge in [-0.25, -0.2) is 8.78 Å². The molecule has 0 rings (SSSR count). The second-order valence-electron chi connectivity index (χ2n) is 2.14. The van der Waals surface area contributed by atoms with Gasteiger partial charge in [-0.05, 0) is 0 Å². The van der Waals surface area contributed by atoms with Gasteiger partial charge in [-0.1, -0.05) is 0 Å². The van der Waals surface area contributed by atoms with Crippen molar-refractivity contribution in [1.82, 2.24) is 0 Å². The zero-order chi connectivity index (χ0) is 10.9. The third-order valence-corrected chi connectivity index (χ3v) is 1.12. The fourth-order valence-corrected chi connectivity index (χ4v) is 0.445. The molecule has 0 nitrogen and oxygen atoms in total. The SMILES string of the molecule is F[C](F)CC(F)(F)C(F)(F)C(F)F. The summed E-state index contributed by atoms with van der Waals surface area (Å²) in [6.45, 7) is 0. The molecule has 1 radical (unpaired) electrons.